The zero-order valence-corrected chi connectivity index (χ0v) is 27.4. The Morgan fingerprint density at radius 2 is 1.74 bits per heavy atom. The van der Waals surface area contributed by atoms with Crippen molar-refractivity contribution in [2.24, 2.45) is 23.2 Å². The lowest BCUT2D eigenvalue weighted by Crippen LogP contribution is -2.65. The Kier molecular flexibility index (Phi) is 8.00. The van der Waals surface area contributed by atoms with Gasteiger partial charge in [-0.3, -0.25) is 4.79 Å². The molecule has 10 heteroatoms. The minimum absolute atomic E-state index is 0.0153. The van der Waals surface area contributed by atoms with Crippen LogP contribution in [0.4, 0.5) is 4.79 Å². The molecule has 0 unspecified atom stereocenters. The van der Waals surface area contributed by atoms with Crippen LogP contribution in [-0.2, 0) is 25.4 Å². The van der Waals surface area contributed by atoms with Crippen LogP contribution < -0.4 is 10.6 Å². The maximum absolute atomic E-state index is 14.0. The van der Waals surface area contributed by atoms with Crippen molar-refractivity contribution in [3.05, 3.63) is 78.4 Å². The Bertz CT molecular complexity index is 1550. The molecule has 0 spiro atoms. The van der Waals surface area contributed by atoms with E-state index in [0.29, 0.717) is 24.2 Å². The van der Waals surface area contributed by atoms with Crippen molar-refractivity contribution in [1.29, 1.82) is 0 Å². The standard InChI is InChI=1S/C36H45BN4O5/c1-22(2)16-32(37-45-31-18-23-17-30(35(23,3)4)36(31,5)46-37)40-33(42)29(19-41-15-14-38-21-41)39-34(43)44-20-28-26-12-8-6-10-24(26)25-11-7-9-13-27(25)28/h6-15,21-23,28-32H,16-20H2,1-5H3,(H,39,43)(H,40,42)/t23-,29-,30-,31+,32-,36-/m0/s1. The van der Waals surface area contributed by atoms with E-state index in [-0.39, 0.29) is 48.0 Å². The van der Waals surface area contributed by atoms with E-state index >= 15 is 0 Å². The number of alkyl carbamates (subject to hydrolysis) is 1. The highest BCUT2D eigenvalue weighted by molar-refractivity contribution is 6.48. The number of benzene rings is 2. The lowest BCUT2D eigenvalue weighted by molar-refractivity contribution is -0.199. The SMILES string of the molecule is CC(C)C[C@H](NC(=O)[C@H](Cn1ccnc1)NC(=O)OCC1c2ccccc2-c2ccccc21)B1O[C@@H]2C[C@@H]3C[C@@H](C3(C)C)[C@]2(C)O1. The number of carbonyl (C=O) groups is 2. The van der Waals surface area contributed by atoms with Gasteiger partial charge in [0.15, 0.2) is 0 Å². The summed E-state index contributed by atoms with van der Waals surface area (Å²) in [7, 11) is -0.556. The normalized spacial score (nSPS) is 26.8. The summed E-state index contributed by atoms with van der Waals surface area (Å²) < 4.78 is 20.9. The second kappa shape index (κ2) is 11.9. The van der Waals surface area contributed by atoms with Crippen molar-refractivity contribution >= 4 is 19.1 Å². The third-order valence-electron chi connectivity index (χ3n) is 11.3. The summed E-state index contributed by atoms with van der Waals surface area (Å²) in [5.41, 5.74) is 4.43. The summed E-state index contributed by atoms with van der Waals surface area (Å²) in [6.07, 6.45) is 7.25. The maximum Gasteiger partial charge on any atom is 0.481 e. The summed E-state index contributed by atoms with van der Waals surface area (Å²) in [5.74, 6) is 0.590. The van der Waals surface area contributed by atoms with Crippen LogP contribution in [0, 0.1) is 23.2 Å². The molecule has 1 saturated heterocycles. The second-order valence-electron chi connectivity index (χ2n) is 14.9. The number of amides is 2. The van der Waals surface area contributed by atoms with Crippen LogP contribution in [0.2, 0.25) is 0 Å². The fraction of sp³-hybridized carbons (Fsp3) is 0.528. The number of hydrogen-bond acceptors (Lipinski definition) is 6. The molecule has 2 bridgehead atoms. The van der Waals surface area contributed by atoms with Crippen LogP contribution in [0.3, 0.4) is 0 Å². The van der Waals surface area contributed by atoms with Gasteiger partial charge in [0, 0.05) is 18.3 Å². The number of fused-ring (bicyclic) bond motifs is 3. The molecule has 6 atom stereocenters. The Morgan fingerprint density at radius 3 is 2.37 bits per heavy atom. The summed E-state index contributed by atoms with van der Waals surface area (Å²) in [6.45, 7) is 11.5. The Morgan fingerprint density at radius 1 is 1.04 bits per heavy atom. The molecule has 2 aromatic carbocycles. The predicted molar refractivity (Wildman–Crippen MR) is 176 cm³/mol. The molecular weight excluding hydrogens is 579 g/mol. The van der Waals surface area contributed by atoms with Crippen LogP contribution in [-0.4, -0.2) is 59.0 Å². The van der Waals surface area contributed by atoms with E-state index in [4.69, 9.17) is 14.0 Å². The Labute approximate surface area is 271 Å². The van der Waals surface area contributed by atoms with E-state index in [9.17, 15) is 9.59 Å². The number of carbonyl (C=O) groups excluding carboxylic acids is 2. The third kappa shape index (κ3) is 5.43. The van der Waals surface area contributed by atoms with Crippen molar-refractivity contribution in [2.45, 2.75) is 90.0 Å². The summed E-state index contributed by atoms with van der Waals surface area (Å²) in [4.78, 5) is 31.4. The van der Waals surface area contributed by atoms with Gasteiger partial charge in [-0.25, -0.2) is 9.78 Å². The largest absolute Gasteiger partial charge is 0.481 e. The first-order valence-corrected chi connectivity index (χ1v) is 16.8. The van der Waals surface area contributed by atoms with E-state index in [1.165, 1.54) is 0 Å². The van der Waals surface area contributed by atoms with Gasteiger partial charge >= 0.3 is 13.2 Å². The molecule has 3 saturated carbocycles. The summed E-state index contributed by atoms with van der Waals surface area (Å²) in [6, 6.07) is 15.5. The van der Waals surface area contributed by atoms with Crippen LogP contribution in [0.1, 0.15) is 70.9 Å². The lowest BCUT2D eigenvalue weighted by Gasteiger charge is -2.64. The van der Waals surface area contributed by atoms with Crippen LogP contribution in [0.5, 0.6) is 0 Å². The highest BCUT2D eigenvalue weighted by atomic mass is 16.7. The van der Waals surface area contributed by atoms with Gasteiger partial charge in [0.2, 0.25) is 5.91 Å². The molecule has 46 heavy (non-hydrogen) atoms. The number of aromatic nitrogens is 2. The third-order valence-corrected chi connectivity index (χ3v) is 11.3. The molecule has 9 nitrogen and oxygen atoms in total. The molecule has 0 radical (unpaired) electrons. The highest BCUT2D eigenvalue weighted by Crippen LogP contribution is 2.65. The number of rotatable bonds is 10. The minimum atomic E-state index is -0.898. The molecule has 1 aromatic heterocycles. The van der Waals surface area contributed by atoms with Crippen molar-refractivity contribution in [3.8, 4) is 11.1 Å². The molecule has 4 aliphatic carbocycles. The molecule has 1 aliphatic heterocycles. The first-order chi connectivity index (χ1) is 22.0. The van der Waals surface area contributed by atoms with Gasteiger partial charge < -0.3 is 29.2 Å². The number of ether oxygens (including phenoxy) is 1. The van der Waals surface area contributed by atoms with E-state index in [1.807, 2.05) is 24.3 Å². The Balaban J connectivity index is 1.05. The molecule has 242 valence electrons. The molecule has 3 aromatic rings. The van der Waals surface area contributed by atoms with Gasteiger partial charge in [-0.05, 0) is 71.6 Å². The van der Waals surface area contributed by atoms with Gasteiger partial charge in [0.25, 0.3) is 0 Å². The maximum atomic E-state index is 14.0. The average Bonchev–Trinajstić information content (AvgIpc) is 3.75. The summed E-state index contributed by atoms with van der Waals surface area (Å²) >= 11 is 0. The van der Waals surface area contributed by atoms with E-state index < -0.39 is 19.3 Å². The first kappa shape index (κ1) is 31.0. The molecule has 2 N–H and O–H groups in total. The number of imidazole rings is 1. The zero-order chi connectivity index (χ0) is 32.2. The van der Waals surface area contributed by atoms with Crippen molar-refractivity contribution in [1.82, 2.24) is 20.2 Å². The van der Waals surface area contributed by atoms with Gasteiger partial charge in [-0.15, -0.1) is 0 Å². The summed E-state index contributed by atoms with van der Waals surface area (Å²) in [5, 5.41) is 6.07. The van der Waals surface area contributed by atoms with Gasteiger partial charge in [-0.2, -0.15) is 0 Å². The quantitative estimate of drug-likeness (QED) is 0.285. The van der Waals surface area contributed by atoms with E-state index in [0.717, 1.165) is 35.1 Å². The van der Waals surface area contributed by atoms with Crippen LogP contribution in [0.25, 0.3) is 11.1 Å². The molecule has 8 rings (SSSR count). The predicted octanol–water partition coefficient (Wildman–Crippen LogP) is 5.59. The number of nitrogens with zero attached hydrogens (tertiary/aromatic N) is 2. The fourth-order valence-electron chi connectivity index (χ4n) is 8.68. The monoisotopic (exact) mass is 624 g/mol. The molecule has 2 amide bonds. The fourth-order valence-corrected chi connectivity index (χ4v) is 8.68. The average molecular weight is 625 g/mol. The van der Waals surface area contributed by atoms with Gasteiger partial charge in [0.05, 0.1) is 30.5 Å². The number of nitrogens with one attached hydrogen (secondary N) is 2. The number of hydrogen-bond donors (Lipinski definition) is 2. The molecule has 4 fully saturated rings. The van der Waals surface area contributed by atoms with Gasteiger partial charge in [0.1, 0.15) is 12.6 Å². The van der Waals surface area contributed by atoms with Crippen molar-refractivity contribution in [3.63, 3.8) is 0 Å². The molecule has 5 aliphatic rings. The molecular formula is C36H45BN4O5. The molecule has 2 heterocycles. The van der Waals surface area contributed by atoms with Crippen molar-refractivity contribution in [2.75, 3.05) is 6.61 Å². The van der Waals surface area contributed by atoms with E-state index in [2.05, 4.69) is 74.5 Å². The second-order valence-corrected chi connectivity index (χ2v) is 14.9. The minimum Gasteiger partial charge on any atom is -0.449 e. The van der Waals surface area contributed by atoms with Crippen LogP contribution >= 0.6 is 0 Å². The van der Waals surface area contributed by atoms with Crippen LogP contribution in [0.15, 0.2) is 67.3 Å². The van der Waals surface area contributed by atoms with Gasteiger partial charge in [-0.1, -0.05) is 76.2 Å². The smallest absolute Gasteiger partial charge is 0.449 e. The lowest BCUT2D eigenvalue weighted by atomic mass is 9.43. The topological polar surface area (TPSA) is 104 Å². The first-order valence-electron chi connectivity index (χ1n) is 16.8. The Hall–Kier alpha value is -3.63. The highest BCUT2D eigenvalue weighted by Gasteiger charge is 2.68. The van der Waals surface area contributed by atoms with E-state index in [1.54, 1.807) is 23.3 Å². The zero-order valence-electron chi connectivity index (χ0n) is 27.4. The van der Waals surface area contributed by atoms with Crippen molar-refractivity contribution < 1.29 is 23.6 Å².